The molecule has 0 spiro atoms. The Balaban J connectivity index is 1.68. The molecule has 4 N–H and O–H groups in total. The summed E-state index contributed by atoms with van der Waals surface area (Å²) in [6.07, 6.45) is 6.55. The number of carbonyl (C=O) groups excluding carboxylic acids is 4. The number of unbranched alkanes of at least 4 members (excludes halogenated alkanes) is 4. The van der Waals surface area contributed by atoms with Gasteiger partial charge in [0.1, 0.15) is 0 Å². The van der Waals surface area contributed by atoms with E-state index < -0.39 is 0 Å². The molecule has 0 bridgehead atoms. The van der Waals surface area contributed by atoms with Crippen molar-refractivity contribution in [3.63, 3.8) is 0 Å². The lowest BCUT2D eigenvalue weighted by atomic mass is 10.1. The Morgan fingerprint density at radius 2 is 0.949 bits per heavy atom. The third-order valence-electron chi connectivity index (χ3n) is 6.68. The summed E-state index contributed by atoms with van der Waals surface area (Å²) in [7, 11) is 0. The van der Waals surface area contributed by atoms with E-state index in [4.69, 9.17) is 0 Å². The summed E-state index contributed by atoms with van der Waals surface area (Å²) in [5, 5.41) is 11.6. The molecule has 0 radical (unpaired) electrons. The molecule has 0 aliphatic heterocycles. The van der Waals surface area contributed by atoms with Gasteiger partial charge in [0.2, 0.25) is 11.8 Å². The highest BCUT2D eigenvalue weighted by atomic mass is 16.2. The maximum atomic E-state index is 12.5. The molecule has 0 aliphatic carbocycles. The minimum absolute atomic E-state index is 0.0594. The molecular weight excluding hydrogens is 492 g/mol. The van der Waals surface area contributed by atoms with Gasteiger partial charge in [-0.05, 0) is 63.8 Å². The maximum absolute atomic E-state index is 12.5. The molecule has 0 heterocycles. The molecule has 2 aromatic carbocycles. The SMILES string of the molecule is CCC(C)NC(=O)c1ccccc1NC(=O)CCCCCCCC(=O)Nc1ccccc1C(=O)NC(C)CC. The first-order valence-electron chi connectivity index (χ1n) is 14.1. The zero-order valence-corrected chi connectivity index (χ0v) is 23.8. The van der Waals surface area contributed by atoms with Crippen molar-refractivity contribution in [3.8, 4) is 0 Å². The normalized spacial score (nSPS) is 12.2. The number of hydrogen-bond donors (Lipinski definition) is 4. The van der Waals surface area contributed by atoms with Crippen molar-refractivity contribution in [1.29, 1.82) is 0 Å². The Morgan fingerprint density at radius 3 is 1.33 bits per heavy atom. The summed E-state index contributed by atoms with van der Waals surface area (Å²) in [6, 6.07) is 14.2. The van der Waals surface area contributed by atoms with E-state index in [9.17, 15) is 19.2 Å². The number of hydrogen-bond acceptors (Lipinski definition) is 4. The number of rotatable bonds is 16. The highest BCUT2D eigenvalue weighted by Gasteiger charge is 2.16. The molecule has 8 nitrogen and oxygen atoms in total. The predicted molar refractivity (Wildman–Crippen MR) is 157 cm³/mol. The fourth-order valence-electron chi connectivity index (χ4n) is 3.91. The van der Waals surface area contributed by atoms with Gasteiger partial charge in [-0.3, -0.25) is 19.2 Å². The van der Waals surface area contributed by atoms with Crippen LogP contribution in [0.1, 0.15) is 106 Å². The smallest absolute Gasteiger partial charge is 0.253 e. The highest BCUT2D eigenvalue weighted by Crippen LogP contribution is 2.18. The van der Waals surface area contributed by atoms with Gasteiger partial charge < -0.3 is 21.3 Å². The molecule has 0 saturated heterocycles. The topological polar surface area (TPSA) is 116 Å². The van der Waals surface area contributed by atoms with Gasteiger partial charge in [-0.15, -0.1) is 0 Å². The minimum atomic E-state index is -0.192. The van der Waals surface area contributed by atoms with E-state index in [1.165, 1.54) is 0 Å². The van der Waals surface area contributed by atoms with Gasteiger partial charge in [-0.25, -0.2) is 0 Å². The molecule has 0 aromatic heterocycles. The number of anilines is 2. The van der Waals surface area contributed by atoms with Crippen molar-refractivity contribution in [1.82, 2.24) is 10.6 Å². The van der Waals surface area contributed by atoms with Crippen LogP contribution in [0.15, 0.2) is 48.5 Å². The van der Waals surface area contributed by atoms with Crippen molar-refractivity contribution in [2.75, 3.05) is 10.6 Å². The molecular formula is C31H44N4O4. The lowest BCUT2D eigenvalue weighted by Gasteiger charge is -2.14. The van der Waals surface area contributed by atoms with E-state index in [0.717, 1.165) is 44.9 Å². The van der Waals surface area contributed by atoms with Crippen molar-refractivity contribution in [3.05, 3.63) is 59.7 Å². The van der Waals surface area contributed by atoms with Gasteiger partial charge in [0, 0.05) is 24.9 Å². The number of nitrogens with one attached hydrogen (secondary N) is 4. The number of para-hydroxylation sites is 2. The average molecular weight is 537 g/mol. The second kappa shape index (κ2) is 17.0. The van der Waals surface area contributed by atoms with E-state index in [2.05, 4.69) is 21.3 Å². The Hall–Kier alpha value is -3.68. The molecule has 2 rings (SSSR count). The number of carbonyl (C=O) groups is 4. The molecule has 2 aromatic rings. The minimum Gasteiger partial charge on any atom is -0.350 e. The van der Waals surface area contributed by atoms with Crippen LogP contribution in [0.25, 0.3) is 0 Å². The van der Waals surface area contributed by atoms with Gasteiger partial charge in [0.15, 0.2) is 0 Å². The third-order valence-corrected chi connectivity index (χ3v) is 6.68. The summed E-state index contributed by atoms with van der Waals surface area (Å²) in [4.78, 5) is 49.9. The first kappa shape index (κ1) is 31.5. The molecule has 0 fully saturated rings. The third kappa shape index (κ3) is 11.3. The van der Waals surface area contributed by atoms with Crippen LogP contribution in [0, 0.1) is 0 Å². The predicted octanol–water partition coefficient (Wildman–Crippen LogP) is 6.05. The second-order valence-electron chi connectivity index (χ2n) is 10.0. The lowest BCUT2D eigenvalue weighted by Crippen LogP contribution is -2.32. The zero-order chi connectivity index (χ0) is 28.6. The monoisotopic (exact) mass is 536 g/mol. The van der Waals surface area contributed by atoms with Crippen LogP contribution in [-0.2, 0) is 9.59 Å². The van der Waals surface area contributed by atoms with Crippen LogP contribution in [0.4, 0.5) is 11.4 Å². The number of benzene rings is 2. The van der Waals surface area contributed by atoms with Gasteiger partial charge in [-0.1, -0.05) is 57.4 Å². The van der Waals surface area contributed by atoms with Crippen LogP contribution in [0.5, 0.6) is 0 Å². The summed E-state index contributed by atoms with van der Waals surface area (Å²) >= 11 is 0. The molecule has 0 aliphatic rings. The van der Waals surface area contributed by atoms with Gasteiger partial charge in [-0.2, -0.15) is 0 Å². The van der Waals surface area contributed by atoms with E-state index in [0.29, 0.717) is 35.3 Å². The average Bonchev–Trinajstić information content (AvgIpc) is 2.92. The Morgan fingerprint density at radius 1 is 0.590 bits per heavy atom. The van der Waals surface area contributed by atoms with Crippen LogP contribution in [-0.4, -0.2) is 35.7 Å². The summed E-state index contributed by atoms with van der Waals surface area (Å²) in [5.41, 5.74) is 1.97. The van der Waals surface area contributed by atoms with Crippen LogP contribution in [0.3, 0.4) is 0 Å². The largest absolute Gasteiger partial charge is 0.350 e. The van der Waals surface area contributed by atoms with E-state index in [-0.39, 0.29) is 35.7 Å². The molecule has 2 atom stereocenters. The Kier molecular flexibility index (Phi) is 13.8. The first-order valence-corrected chi connectivity index (χ1v) is 14.1. The Labute approximate surface area is 232 Å². The molecule has 2 unspecified atom stereocenters. The lowest BCUT2D eigenvalue weighted by molar-refractivity contribution is -0.117. The van der Waals surface area contributed by atoms with Crippen molar-refractivity contribution >= 4 is 35.0 Å². The first-order chi connectivity index (χ1) is 18.7. The van der Waals surface area contributed by atoms with E-state index >= 15 is 0 Å². The second-order valence-corrected chi connectivity index (χ2v) is 10.0. The molecule has 0 saturated carbocycles. The molecule has 4 amide bonds. The number of amides is 4. The van der Waals surface area contributed by atoms with Crippen LogP contribution >= 0.6 is 0 Å². The summed E-state index contributed by atoms with van der Waals surface area (Å²) in [6.45, 7) is 7.90. The van der Waals surface area contributed by atoms with Gasteiger partial charge >= 0.3 is 0 Å². The van der Waals surface area contributed by atoms with Crippen molar-refractivity contribution in [2.45, 2.75) is 97.6 Å². The van der Waals surface area contributed by atoms with Gasteiger partial charge in [0.05, 0.1) is 22.5 Å². The zero-order valence-electron chi connectivity index (χ0n) is 23.8. The standard InChI is InChI=1S/C31H44N4O4/c1-5-22(3)32-30(38)24-16-12-14-18-26(24)34-28(36)20-10-8-7-9-11-21-29(37)35-27-19-15-13-17-25(27)31(39)33-23(4)6-2/h12-19,22-23H,5-11,20-21H2,1-4H3,(H,32,38)(H,33,39)(H,34,36)(H,35,37). The van der Waals surface area contributed by atoms with Crippen LogP contribution < -0.4 is 21.3 Å². The van der Waals surface area contributed by atoms with Crippen LogP contribution in [0.2, 0.25) is 0 Å². The highest BCUT2D eigenvalue weighted by molar-refractivity contribution is 6.04. The van der Waals surface area contributed by atoms with Gasteiger partial charge in [0.25, 0.3) is 11.8 Å². The van der Waals surface area contributed by atoms with Crippen molar-refractivity contribution in [2.24, 2.45) is 0 Å². The fraction of sp³-hybridized carbons (Fsp3) is 0.484. The Bertz CT molecular complexity index is 1020. The molecule has 39 heavy (non-hydrogen) atoms. The van der Waals surface area contributed by atoms with E-state index in [1.54, 1.807) is 48.5 Å². The summed E-state index contributed by atoms with van der Waals surface area (Å²) < 4.78 is 0. The molecule has 8 heteroatoms. The summed E-state index contributed by atoms with van der Waals surface area (Å²) in [5.74, 6) is -0.618. The van der Waals surface area contributed by atoms with Crippen molar-refractivity contribution < 1.29 is 19.2 Å². The fourth-order valence-corrected chi connectivity index (χ4v) is 3.91. The molecule has 212 valence electrons. The van der Waals surface area contributed by atoms with E-state index in [1.807, 2.05) is 27.7 Å². The quantitative estimate of drug-likeness (QED) is 0.195. The maximum Gasteiger partial charge on any atom is 0.253 e.